The number of nitriles is 1. The Morgan fingerprint density at radius 1 is 1.17 bits per heavy atom. The van der Waals surface area contributed by atoms with Gasteiger partial charge in [-0.05, 0) is 17.7 Å². The minimum Gasteiger partial charge on any atom is -0.366 e. The Kier molecular flexibility index (Phi) is 6.31. The fourth-order valence-electron chi connectivity index (χ4n) is 4.21. The van der Waals surface area contributed by atoms with E-state index in [9.17, 15) is 14.9 Å². The Hall–Kier alpha value is -4.36. The van der Waals surface area contributed by atoms with Gasteiger partial charge in [-0.2, -0.15) is 20.4 Å². The summed E-state index contributed by atoms with van der Waals surface area (Å²) in [6, 6.07) is 9.01. The fourth-order valence-corrected chi connectivity index (χ4v) is 4.48. The summed E-state index contributed by atoms with van der Waals surface area (Å²) in [6.07, 6.45) is 6.92. The van der Waals surface area contributed by atoms with Gasteiger partial charge < -0.3 is 15.5 Å². The molecular weight excluding hydrogens is 479 g/mol. The highest BCUT2D eigenvalue weighted by atomic mass is 31.0. The lowest BCUT2D eigenvalue weighted by Gasteiger charge is -2.37. The SMILES string of the molecule is N#Cc1cccc(C2CC=NN2C(=O)N2CCN(c3ncc(P)c(-n4cc(C(N)=O)cn4)n3)CC2)c1. The maximum absolute atomic E-state index is 13.3. The van der Waals surface area contributed by atoms with E-state index in [-0.39, 0.29) is 17.6 Å². The summed E-state index contributed by atoms with van der Waals surface area (Å²) in [5.41, 5.74) is 7.06. The quantitative estimate of drug-likeness (QED) is 0.519. The lowest BCUT2D eigenvalue weighted by Crippen LogP contribution is -2.52. The molecule has 1 fully saturated rings. The third-order valence-corrected chi connectivity index (χ3v) is 6.53. The Labute approximate surface area is 209 Å². The third-order valence-electron chi connectivity index (χ3n) is 6.13. The number of aromatic nitrogens is 4. The molecule has 13 heteroatoms. The molecule has 2 aromatic heterocycles. The maximum atomic E-state index is 13.3. The summed E-state index contributed by atoms with van der Waals surface area (Å²) in [6.45, 7) is 2.04. The van der Waals surface area contributed by atoms with Crippen LogP contribution in [-0.4, -0.2) is 74.0 Å². The number of nitrogens with zero attached hydrogens (tertiary/aromatic N) is 9. The molecule has 12 nitrogen and oxygen atoms in total. The molecule has 182 valence electrons. The number of hydrogen-bond acceptors (Lipinski definition) is 8. The highest BCUT2D eigenvalue weighted by Crippen LogP contribution is 2.30. The van der Waals surface area contributed by atoms with E-state index in [0.717, 1.165) is 5.56 Å². The number of primary amides is 1. The van der Waals surface area contributed by atoms with Crippen LogP contribution < -0.4 is 15.9 Å². The van der Waals surface area contributed by atoms with E-state index in [1.54, 1.807) is 29.4 Å². The largest absolute Gasteiger partial charge is 0.366 e. The molecule has 2 aliphatic rings. The number of hydrogen-bond donors (Lipinski definition) is 1. The van der Waals surface area contributed by atoms with Crippen LogP contribution in [0.15, 0.2) is 48.0 Å². The van der Waals surface area contributed by atoms with Gasteiger partial charge in [-0.3, -0.25) is 4.79 Å². The average molecular weight is 502 g/mol. The van der Waals surface area contributed by atoms with Crippen molar-refractivity contribution in [3.05, 3.63) is 59.5 Å². The van der Waals surface area contributed by atoms with Crippen LogP contribution >= 0.6 is 9.24 Å². The van der Waals surface area contributed by atoms with E-state index >= 15 is 0 Å². The number of urea groups is 1. The minimum atomic E-state index is -0.566. The molecule has 1 saturated heterocycles. The summed E-state index contributed by atoms with van der Waals surface area (Å²) < 4.78 is 1.49. The molecule has 36 heavy (non-hydrogen) atoms. The summed E-state index contributed by atoms with van der Waals surface area (Å²) in [5, 5.41) is 19.9. The minimum absolute atomic E-state index is 0.173. The molecule has 5 rings (SSSR count). The van der Waals surface area contributed by atoms with Gasteiger partial charge in [0.15, 0.2) is 5.82 Å². The zero-order valence-electron chi connectivity index (χ0n) is 19.2. The highest BCUT2D eigenvalue weighted by molar-refractivity contribution is 7.27. The van der Waals surface area contributed by atoms with Crippen molar-refractivity contribution in [3.63, 3.8) is 0 Å². The third kappa shape index (κ3) is 4.48. The van der Waals surface area contributed by atoms with Crippen molar-refractivity contribution in [2.45, 2.75) is 12.5 Å². The Bertz CT molecular complexity index is 1390. The number of hydrazone groups is 1. The van der Waals surface area contributed by atoms with Crippen molar-refractivity contribution in [1.82, 2.24) is 29.7 Å². The summed E-state index contributed by atoms with van der Waals surface area (Å²) in [4.78, 5) is 37.5. The van der Waals surface area contributed by atoms with Crippen LogP contribution in [0.2, 0.25) is 0 Å². The Morgan fingerprint density at radius 3 is 2.69 bits per heavy atom. The molecular formula is C23H23N10O2P. The predicted molar refractivity (Wildman–Crippen MR) is 135 cm³/mol. The van der Waals surface area contributed by atoms with Gasteiger partial charge in [0.1, 0.15) is 0 Å². The van der Waals surface area contributed by atoms with Gasteiger partial charge in [0.05, 0.1) is 29.4 Å². The number of benzene rings is 1. The fraction of sp³-hybridized carbons (Fsp3) is 0.261. The molecule has 4 heterocycles. The first kappa shape index (κ1) is 23.4. The van der Waals surface area contributed by atoms with Crippen molar-refractivity contribution in [2.24, 2.45) is 10.8 Å². The van der Waals surface area contributed by atoms with Crippen molar-refractivity contribution in [1.29, 1.82) is 5.26 Å². The van der Waals surface area contributed by atoms with Gasteiger partial charge in [0, 0.05) is 56.5 Å². The van der Waals surface area contributed by atoms with Gasteiger partial charge in [0.25, 0.3) is 5.91 Å². The number of amides is 3. The topological polar surface area (TPSA) is 150 Å². The van der Waals surface area contributed by atoms with E-state index in [4.69, 9.17) is 5.73 Å². The summed E-state index contributed by atoms with van der Waals surface area (Å²) >= 11 is 0. The first-order valence-corrected chi connectivity index (χ1v) is 11.9. The molecule has 0 spiro atoms. The van der Waals surface area contributed by atoms with Crippen LogP contribution in [0.3, 0.4) is 0 Å². The van der Waals surface area contributed by atoms with Crippen LogP contribution in [0.4, 0.5) is 10.7 Å². The molecule has 2 unspecified atom stereocenters. The predicted octanol–water partition coefficient (Wildman–Crippen LogP) is 0.808. The van der Waals surface area contributed by atoms with E-state index in [1.807, 2.05) is 17.0 Å². The lowest BCUT2D eigenvalue weighted by atomic mass is 10.0. The molecule has 0 aliphatic carbocycles. The molecule has 0 radical (unpaired) electrons. The zero-order chi connectivity index (χ0) is 25.2. The standard InChI is InChI=1S/C23H23N10O2P/c24-11-15-2-1-3-16(10-15)18-4-5-27-33(18)23(35)31-8-6-30(7-9-31)22-26-13-19(36)21(29-22)32-14-17(12-28-32)20(25)34/h1-3,5,10,12-14,18H,4,6-9,36H2,(H2,25,34). The molecule has 0 saturated carbocycles. The molecule has 0 bridgehead atoms. The van der Waals surface area contributed by atoms with Gasteiger partial charge in [0.2, 0.25) is 5.95 Å². The van der Waals surface area contributed by atoms with Gasteiger partial charge in [-0.15, -0.1) is 0 Å². The van der Waals surface area contributed by atoms with Crippen LogP contribution in [0, 0.1) is 11.3 Å². The smallest absolute Gasteiger partial charge is 0.341 e. The van der Waals surface area contributed by atoms with Crippen LogP contribution in [0.1, 0.15) is 33.9 Å². The Balaban J connectivity index is 1.27. The van der Waals surface area contributed by atoms with Crippen LogP contribution in [-0.2, 0) is 0 Å². The number of nitrogens with two attached hydrogens (primary N) is 1. The molecule has 2 aliphatic heterocycles. The van der Waals surface area contributed by atoms with E-state index < -0.39 is 5.91 Å². The second kappa shape index (κ2) is 9.71. The van der Waals surface area contributed by atoms with Gasteiger partial charge in [-0.1, -0.05) is 21.4 Å². The second-order valence-corrected chi connectivity index (χ2v) is 9.00. The van der Waals surface area contributed by atoms with Crippen molar-refractivity contribution >= 4 is 38.6 Å². The average Bonchev–Trinajstić information content (AvgIpc) is 3.59. The molecule has 3 aromatic rings. The van der Waals surface area contributed by atoms with Gasteiger partial charge >= 0.3 is 6.03 Å². The number of piperazine rings is 1. The highest BCUT2D eigenvalue weighted by Gasteiger charge is 2.33. The number of rotatable bonds is 4. The van der Waals surface area contributed by atoms with E-state index in [2.05, 4.69) is 35.5 Å². The molecule has 2 atom stereocenters. The maximum Gasteiger partial charge on any atom is 0.341 e. The van der Waals surface area contributed by atoms with Crippen molar-refractivity contribution < 1.29 is 9.59 Å². The van der Waals surface area contributed by atoms with Crippen molar-refractivity contribution in [3.8, 4) is 11.9 Å². The first-order chi connectivity index (χ1) is 17.4. The first-order valence-electron chi connectivity index (χ1n) is 11.3. The van der Waals surface area contributed by atoms with E-state index in [1.165, 1.54) is 22.1 Å². The number of carbonyl (C=O) groups is 2. The number of carbonyl (C=O) groups excluding carboxylic acids is 2. The van der Waals surface area contributed by atoms with E-state index in [0.29, 0.717) is 55.2 Å². The second-order valence-electron chi connectivity index (χ2n) is 8.37. The molecule has 1 aromatic carbocycles. The van der Waals surface area contributed by atoms with Crippen LogP contribution in [0.5, 0.6) is 0 Å². The summed E-state index contributed by atoms with van der Waals surface area (Å²) in [5.74, 6) is 0.457. The monoisotopic (exact) mass is 502 g/mol. The number of anilines is 1. The van der Waals surface area contributed by atoms with Gasteiger partial charge in [-0.25, -0.2) is 19.5 Å². The molecule has 3 amide bonds. The lowest BCUT2D eigenvalue weighted by molar-refractivity contribution is 0.1000. The summed E-state index contributed by atoms with van der Waals surface area (Å²) in [7, 11) is 2.56. The normalized spacial score (nSPS) is 17.3. The van der Waals surface area contributed by atoms with Crippen LogP contribution in [0.25, 0.3) is 5.82 Å². The zero-order valence-corrected chi connectivity index (χ0v) is 20.4. The van der Waals surface area contributed by atoms with Crippen molar-refractivity contribution in [2.75, 3.05) is 31.1 Å². The Morgan fingerprint density at radius 2 is 1.97 bits per heavy atom. The molecule has 2 N–H and O–H groups in total.